The third-order valence-corrected chi connectivity index (χ3v) is 4.02. The summed E-state index contributed by atoms with van der Waals surface area (Å²) >= 11 is 0. The number of hydrogen-bond donors (Lipinski definition) is 0. The molecule has 1 aromatic carbocycles. The molecule has 0 bridgehead atoms. The molecule has 21 heavy (non-hydrogen) atoms. The van der Waals surface area contributed by atoms with Gasteiger partial charge in [-0.25, -0.2) is 0 Å². The number of aryl methyl sites for hydroxylation is 1. The average Bonchev–Trinajstić information content (AvgIpc) is 3.18. The van der Waals surface area contributed by atoms with E-state index in [1.165, 1.54) is 22.3 Å². The van der Waals surface area contributed by atoms with Gasteiger partial charge in [-0.05, 0) is 36.8 Å². The molecule has 2 aliphatic rings. The van der Waals surface area contributed by atoms with Crippen LogP contribution in [0.2, 0.25) is 0 Å². The SMILES string of the molecule is CC1=CC(c2cccc(C)c2OCC2CO2)=CC(C)(C)C1. The van der Waals surface area contributed by atoms with Crippen molar-refractivity contribution in [1.29, 1.82) is 0 Å². The number of benzene rings is 1. The molecule has 2 heteroatoms. The summed E-state index contributed by atoms with van der Waals surface area (Å²) in [4.78, 5) is 0. The lowest BCUT2D eigenvalue weighted by Gasteiger charge is -2.27. The summed E-state index contributed by atoms with van der Waals surface area (Å²) in [6, 6.07) is 6.38. The van der Waals surface area contributed by atoms with E-state index in [2.05, 4.69) is 58.0 Å². The van der Waals surface area contributed by atoms with Crippen LogP contribution in [0, 0.1) is 12.3 Å². The maximum absolute atomic E-state index is 6.05. The standard InChI is InChI=1S/C19H24O2/c1-13-8-15(10-19(3,4)9-13)17-7-5-6-14(2)18(17)21-12-16-11-20-16/h5-8,10,16H,9,11-12H2,1-4H3. The van der Waals surface area contributed by atoms with E-state index < -0.39 is 0 Å². The van der Waals surface area contributed by atoms with Crippen LogP contribution in [-0.2, 0) is 4.74 Å². The van der Waals surface area contributed by atoms with Crippen molar-refractivity contribution in [3.05, 3.63) is 47.1 Å². The fourth-order valence-electron chi connectivity index (χ4n) is 3.12. The Labute approximate surface area is 127 Å². The van der Waals surface area contributed by atoms with E-state index in [-0.39, 0.29) is 11.5 Å². The highest BCUT2D eigenvalue weighted by molar-refractivity contribution is 5.80. The van der Waals surface area contributed by atoms with Crippen LogP contribution in [0.25, 0.3) is 5.57 Å². The Kier molecular flexibility index (Phi) is 3.66. The van der Waals surface area contributed by atoms with Crippen molar-refractivity contribution >= 4 is 5.57 Å². The van der Waals surface area contributed by atoms with Crippen molar-refractivity contribution in [3.63, 3.8) is 0 Å². The van der Waals surface area contributed by atoms with E-state index in [1.807, 2.05) is 0 Å². The van der Waals surface area contributed by atoms with Gasteiger partial charge in [-0.15, -0.1) is 0 Å². The molecule has 112 valence electrons. The molecule has 1 heterocycles. The monoisotopic (exact) mass is 284 g/mol. The minimum atomic E-state index is 0.203. The Hall–Kier alpha value is -1.54. The summed E-state index contributed by atoms with van der Waals surface area (Å²) < 4.78 is 11.3. The molecule has 2 nitrogen and oxygen atoms in total. The topological polar surface area (TPSA) is 21.8 Å². The Morgan fingerprint density at radius 3 is 2.71 bits per heavy atom. The number of para-hydroxylation sites is 1. The third kappa shape index (κ3) is 3.38. The molecule has 0 N–H and O–H groups in total. The van der Waals surface area contributed by atoms with Gasteiger partial charge in [-0.3, -0.25) is 0 Å². The molecule has 1 unspecified atom stereocenters. The minimum Gasteiger partial charge on any atom is -0.490 e. The summed E-state index contributed by atoms with van der Waals surface area (Å²) in [5.41, 5.74) is 5.29. The quantitative estimate of drug-likeness (QED) is 0.758. The van der Waals surface area contributed by atoms with Crippen LogP contribution < -0.4 is 4.74 Å². The second kappa shape index (κ2) is 5.34. The summed E-state index contributed by atoms with van der Waals surface area (Å²) in [6.07, 6.45) is 6.07. The van der Waals surface area contributed by atoms with Crippen LogP contribution >= 0.6 is 0 Å². The van der Waals surface area contributed by atoms with Crippen molar-refractivity contribution in [3.8, 4) is 5.75 Å². The van der Waals surface area contributed by atoms with Crippen LogP contribution in [0.4, 0.5) is 0 Å². The predicted molar refractivity (Wildman–Crippen MR) is 86.5 cm³/mol. The van der Waals surface area contributed by atoms with E-state index >= 15 is 0 Å². The van der Waals surface area contributed by atoms with Gasteiger partial charge in [0.05, 0.1) is 6.61 Å². The van der Waals surface area contributed by atoms with Gasteiger partial charge < -0.3 is 9.47 Å². The average molecular weight is 284 g/mol. The molecule has 0 saturated carbocycles. The fourth-order valence-corrected chi connectivity index (χ4v) is 3.12. The Morgan fingerprint density at radius 1 is 1.29 bits per heavy atom. The molecule has 3 rings (SSSR count). The number of allylic oxidation sites excluding steroid dienone is 4. The summed E-state index contributed by atoms with van der Waals surface area (Å²) in [5.74, 6) is 1.00. The van der Waals surface area contributed by atoms with Crippen molar-refractivity contribution < 1.29 is 9.47 Å². The van der Waals surface area contributed by atoms with Crippen molar-refractivity contribution in [2.24, 2.45) is 5.41 Å². The lowest BCUT2D eigenvalue weighted by Crippen LogP contribution is -2.13. The molecule has 0 aromatic heterocycles. The normalized spacial score (nSPS) is 23.3. The lowest BCUT2D eigenvalue weighted by atomic mass is 9.78. The second-order valence-electron chi connectivity index (χ2n) is 6.97. The molecular formula is C19H24O2. The maximum Gasteiger partial charge on any atom is 0.130 e. The molecule has 1 fully saturated rings. The van der Waals surface area contributed by atoms with Gasteiger partial charge >= 0.3 is 0 Å². The van der Waals surface area contributed by atoms with Gasteiger partial charge in [0, 0.05) is 5.56 Å². The Bertz CT molecular complexity index is 604. The second-order valence-corrected chi connectivity index (χ2v) is 6.97. The Morgan fingerprint density at radius 2 is 2.05 bits per heavy atom. The largest absolute Gasteiger partial charge is 0.490 e. The molecule has 0 radical (unpaired) electrons. The highest BCUT2D eigenvalue weighted by atomic mass is 16.6. The van der Waals surface area contributed by atoms with Crippen LogP contribution in [0.3, 0.4) is 0 Å². The van der Waals surface area contributed by atoms with Gasteiger partial charge in [-0.1, -0.05) is 49.8 Å². The lowest BCUT2D eigenvalue weighted by molar-refractivity contribution is 0.261. The van der Waals surface area contributed by atoms with E-state index in [1.54, 1.807) is 0 Å². The smallest absolute Gasteiger partial charge is 0.130 e. The first-order valence-corrected chi connectivity index (χ1v) is 7.69. The van der Waals surface area contributed by atoms with Gasteiger partial charge in [0.15, 0.2) is 0 Å². The van der Waals surface area contributed by atoms with E-state index in [9.17, 15) is 0 Å². The first-order valence-electron chi connectivity index (χ1n) is 7.69. The van der Waals surface area contributed by atoms with Crippen LogP contribution in [0.1, 0.15) is 38.3 Å². The fraction of sp³-hybridized carbons (Fsp3) is 0.474. The zero-order valence-corrected chi connectivity index (χ0v) is 13.4. The van der Waals surface area contributed by atoms with Crippen LogP contribution in [0.15, 0.2) is 35.9 Å². The maximum atomic E-state index is 6.05. The number of epoxide rings is 1. The zero-order valence-electron chi connectivity index (χ0n) is 13.4. The van der Waals surface area contributed by atoms with Crippen LogP contribution in [0.5, 0.6) is 5.75 Å². The highest BCUT2D eigenvalue weighted by Gasteiger charge is 2.25. The third-order valence-electron chi connectivity index (χ3n) is 4.02. The van der Waals surface area contributed by atoms with Gasteiger partial charge in [0.2, 0.25) is 0 Å². The van der Waals surface area contributed by atoms with Gasteiger partial charge in [-0.2, -0.15) is 0 Å². The molecule has 1 aliphatic heterocycles. The molecule has 1 aromatic rings. The first-order chi connectivity index (χ1) is 9.94. The summed E-state index contributed by atoms with van der Waals surface area (Å²) in [7, 11) is 0. The minimum absolute atomic E-state index is 0.203. The van der Waals surface area contributed by atoms with E-state index in [4.69, 9.17) is 9.47 Å². The summed E-state index contributed by atoms with van der Waals surface area (Å²) in [5, 5.41) is 0. The van der Waals surface area contributed by atoms with E-state index in [0.717, 1.165) is 18.8 Å². The van der Waals surface area contributed by atoms with Crippen molar-refractivity contribution in [2.75, 3.05) is 13.2 Å². The first kappa shape index (κ1) is 14.4. The number of hydrogen-bond acceptors (Lipinski definition) is 2. The Balaban J connectivity index is 1.97. The van der Waals surface area contributed by atoms with Gasteiger partial charge in [0.25, 0.3) is 0 Å². The molecule has 1 aliphatic carbocycles. The zero-order chi connectivity index (χ0) is 15.0. The molecule has 1 atom stereocenters. The predicted octanol–water partition coefficient (Wildman–Crippen LogP) is 4.53. The summed E-state index contributed by atoms with van der Waals surface area (Å²) in [6.45, 7) is 10.4. The van der Waals surface area contributed by atoms with Crippen molar-refractivity contribution in [2.45, 2.75) is 40.2 Å². The number of rotatable bonds is 4. The molecule has 1 saturated heterocycles. The van der Waals surface area contributed by atoms with Crippen molar-refractivity contribution in [1.82, 2.24) is 0 Å². The molecule has 0 spiro atoms. The molecular weight excluding hydrogens is 260 g/mol. The number of ether oxygens (including phenoxy) is 2. The van der Waals surface area contributed by atoms with E-state index in [0.29, 0.717) is 6.61 Å². The highest BCUT2D eigenvalue weighted by Crippen LogP contribution is 2.40. The molecule has 0 amide bonds. The van der Waals surface area contributed by atoms with Gasteiger partial charge in [0.1, 0.15) is 18.5 Å². The van der Waals surface area contributed by atoms with Crippen LogP contribution in [-0.4, -0.2) is 19.3 Å².